The summed E-state index contributed by atoms with van der Waals surface area (Å²) < 4.78 is 5.31. The second kappa shape index (κ2) is 9.30. The lowest BCUT2D eigenvalue weighted by Crippen LogP contribution is -2.36. The van der Waals surface area contributed by atoms with Crippen LogP contribution in [0.25, 0.3) is 0 Å². The molecule has 0 heterocycles. The molecule has 2 aromatic rings. The molecule has 132 valence electrons. The minimum absolute atomic E-state index is 0.128. The van der Waals surface area contributed by atoms with Crippen molar-refractivity contribution >= 4 is 35.0 Å². The molecule has 25 heavy (non-hydrogen) atoms. The van der Waals surface area contributed by atoms with Gasteiger partial charge in [0.05, 0.1) is 13.2 Å². The number of ether oxygens (including phenoxy) is 1. The van der Waals surface area contributed by atoms with E-state index in [1.54, 1.807) is 42.5 Å². The van der Waals surface area contributed by atoms with Gasteiger partial charge in [0.15, 0.2) is 0 Å². The fourth-order valence-electron chi connectivity index (χ4n) is 2.05. The summed E-state index contributed by atoms with van der Waals surface area (Å²) >= 11 is 11.9. The van der Waals surface area contributed by atoms with Gasteiger partial charge in [-0.3, -0.25) is 9.59 Å². The summed E-state index contributed by atoms with van der Waals surface area (Å²) in [6.45, 7) is 2.57. The van der Waals surface area contributed by atoms with Crippen LogP contribution in [-0.4, -0.2) is 25.0 Å². The van der Waals surface area contributed by atoms with E-state index in [4.69, 9.17) is 27.9 Å². The Hall–Kier alpha value is -2.24. The molecular formula is C18H18Cl2N2O3. The molecule has 2 rings (SSSR count). The molecule has 0 atom stereocenters. The fraction of sp³-hybridized carbons (Fsp3) is 0.222. The smallest absolute Gasteiger partial charge is 0.251 e. The van der Waals surface area contributed by atoms with Crippen LogP contribution < -0.4 is 15.4 Å². The molecular weight excluding hydrogens is 363 g/mol. The molecule has 0 bridgehead atoms. The minimum Gasteiger partial charge on any atom is -0.494 e. The van der Waals surface area contributed by atoms with E-state index in [1.165, 1.54) is 0 Å². The van der Waals surface area contributed by atoms with Gasteiger partial charge in [-0.2, -0.15) is 0 Å². The molecule has 0 aromatic heterocycles. The quantitative estimate of drug-likeness (QED) is 0.772. The molecule has 0 unspecified atom stereocenters. The van der Waals surface area contributed by atoms with Gasteiger partial charge >= 0.3 is 0 Å². The van der Waals surface area contributed by atoms with Gasteiger partial charge in [-0.25, -0.2) is 0 Å². The van der Waals surface area contributed by atoms with E-state index in [1.807, 2.05) is 6.92 Å². The number of carbonyl (C=O) groups excluding carboxylic acids is 2. The summed E-state index contributed by atoms with van der Waals surface area (Å²) in [5.74, 6) is 0.0460. The van der Waals surface area contributed by atoms with Crippen LogP contribution in [0.5, 0.6) is 5.75 Å². The van der Waals surface area contributed by atoms with Gasteiger partial charge < -0.3 is 15.4 Å². The Kier molecular flexibility index (Phi) is 7.10. The number of amides is 2. The predicted octanol–water partition coefficient (Wildman–Crippen LogP) is 3.44. The first kappa shape index (κ1) is 19.1. The van der Waals surface area contributed by atoms with E-state index in [2.05, 4.69) is 10.6 Å². The van der Waals surface area contributed by atoms with Crippen molar-refractivity contribution in [2.24, 2.45) is 0 Å². The van der Waals surface area contributed by atoms with Crippen molar-refractivity contribution in [1.82, 2.24) is 10.6 Å². The molecule has 0 saturated heterocycles. The highest BCUT2D eigenvalue weighted by molar-refractivity contribution is 6.35. The number of halogens is 2. The Morgan fingerprint density at radius 2 is 1.76 bits per heavy atom. The zero-order valence-electron chi connectivity index (χ0n) is 13.6. The first-order valence-corrected chi connectivity index (χ1v) is 8.47. The van der Waals surface area contributed by atoms with Crippen LogP contribution in [0.1, 0.15) is 22.8 Å². The fourth-order valence-corrected chi connectivity index (χ4v) is 2.53. The zero-order chi connectivity index (χ0) is 18.2. The van der Waals surface area contributed by atoms with Crippen LogP contribution in [0, 0.1) is 0 Å². The lowest BCUT2D eigenvalue weighted by molar-refractivity contribution is -0.120. The normalized spacial score (nSPS) is 10.2. The summed E-state index contributed by atoms with van der Waals surface area (Å²) in [4.78, 5) is 23.9. The van der Waals surface area contributed by atoms with Gasteiger partial charge in [-0.15, -0.1) is 0 Å². The van der Waals surface area contributed by atoms with E-state index in [-0.39, 0.29) is 24.9 Å². The van der Waals surface area contributed by atoms with Gasteiger partial charge in [-0.1, -0.05) is 29.3 Å². The van der Waals surface area contributed by atoms with Crippen molar-refractivity contribution in [2.75, 3.05) is 13.2 Å². The summed E-state index contributed by atoms with van der Waals surface area (Å²) in [5, 5.41) is 6.26. The molecule has 2 amide bonds. The van der Waals surface area contributed by atoms with E-state index >= 15 is 0 Å². The van der Waals surface area contributed by atoms with E-state index in [0.717, 1.165) is 5.56 Å². The number of carbonyl (C=O) groups is 2. The van der Waals surface area contributed by atoms with Crippen LogP contribution in [0.4, 0.5) is 0 Å². The molecule has 0 saturated carbocycles. The van der Waals surface area contributed by atoms with Gasteiger partial charge in [0.25, 0.3) is 5.91 Å². The molecule has 0 spiro atoms. The first-order chi connectivity index (χ1) is 12.0. The minimum atomic E-state index is -0.331. The zero-order valence-corrected chi connectivity index (χ0v) is 15.2. The van der Waals surface area contributed by atoms with Crippen LogP contribution in [0.15, 0.2) is 42.5 Å². The maximum absolute atomic E-state index is 12.0. The Morgan fingerprint density at radius 1 is 1.04 bits per heavy atom. The average molecular weight is 381 g/mol. The first-order valence-electron chi connectivity index (χ1n) is 7.71. The Morgan fingerprint density at radius 3 is 2.40 bits per heavy atom. The topological polar surface area (TPSA) is 67.4 Å². The number of hydrogen-bond acceptors (Lipinski definition) is 3. The maximum atomic E-state index is 12.0. The van der Waals surface area contributed by atoms with Crippen molar-refractivity contribution in [3.63, 3.8) is 0 Å². The highest BCUT2D eigenvalue weighted by atomic mass is 35.5. The predicted molar refractivity (Wildman–Crippen MR) is 98.3 cm³/mol. The number of hydrogen-bond donors (Lipinski definition) is 2. The third kappa shape index (κ3) is 5.96. The van der Waals surface area contributed by atoms with Gasteiger partial charge in [0.1, 0.15) is 5.75 Å². The van der Waals surface area contributed by atoms with Crippen LogP contribution in [-0.2, 0) is 11.3 Å². The van der Waals surface area contributed by atoms with E-state index < -0.39 is 0 Å². The Bertz CT molecular complexity index is 748. The number of benzene rings is 2. The van der Waals surface area contributed by atoms with Crippen molar-refractivity contribution in [2.45, 2.75) is 13.5 Å². The van der Waals surface area contributed by atoms with Crippen molar-refractivity contribution < 1.29 is 14.3 Å². The molecule has 2 aromatic carbocycles. The van der Waals surface area contributed by atoms with Crippen molar-refractivity contribution in [3.05, 3.63) is 63.6 Å². The molecule has 2 N–H and O–H groups in total. The van der Waals surface area contributed by atoms with Crippen LogP contribution >= 0.6 is 23.2 Å². The van der Waals surface area contributed by atoms with Crippen molar-refractivity contribution in [3.8, 4) is 5.75 Å². The second-order valence-electron chi connectivity index (χ2n) is 5.15. The van der Waals surface area contributed by atoms with Crippen LogP contribution in [0.2, 0.25) is 10.0 Å². The summed E-state index contributed by atoms with van der Waals surface area (Å²) in [6, 6.07) is 11.8. The standard InChI is InChI=1S/C18H18Cl2N2O3/c1-2-25-15-7-4-12(5-8-15)18(24)22-11-17(23)21-10-13-3-6-14(19)9-16(13)20/h3-9H,2,10-11H2,1H3,(H,21,23)(H,22,24). The average Bonchev–Trinajstić information content (AvgIpc) is 2.60. The Labute approximate surface area is 156 Å². The van der Waals surface area contributed by atoms with E-state index in [0.29, 0.717) is 28.0 Å². The highest BCUT2D eigenvalue weighted by Gasteiger charge is 2.09. The van der Waals surface area contributed by atoms with Gasteiger partial charge in [0.2, 0.25) is 5.91 Å². The molecule has 0 radical (unpaired) electrons. The molecule has 0 aliphatic rings. The third-order valence-electron chi connectivity index (χ3n) is 3.33. The van der Waals surface area contributed by atoms with Gasteiger partial charge in [-0.05, 0) is 48.9 Å². The SMILES string of the molecule is CCOc1ccc(C(=O)NCC(=O)NCc2ccc(Cl)cc2Cl)cc1. The maximum Gasteiger partial charge on any atom is 0.251 e. The van der Waals surface area contributed by atoms with Crippen LogP contribution in [0.3, 0.4) is 0 Å². The second-order valence-corrected chi connectivity index (χ2v) is 6.00. The number of nitrogens with one attached hydrogen (secondary N) is 2. The highest BCUT2D eigenvalue weighted by Crippen LogP contribution is 2.20. The van der Waals surface area contributed by atoms with E-state index in [9.17, 15) is 9.59 Å². The lowest BCUT2D eigenvalue weighted by atomic mass is 10.2. The third-order valence-corrected chi connectivity index (χ3v) is 3.92. The molecule has 0 aliphatic heterocycles. The Balaban J connectivity index is 1.79. The summed E-state index contributed by atoms with van der Waals surface area (Å²) in [5.41, 5.74) is 1.20. The van der Waals surface area contributed by atoms with Gasteiger partial charge in [0, 0.05) is 22.2 Å². The lowest BCUT2D eigenvalue weighted by Gasteiger charge is -2.09. The number of rotatable bonds is 7. The molecule has 7 heteroatoms. The molecule has 5 nitrogen and oxygen atoms in total. The molecule has 0 fully saturated rings. The molecule has 0 aliphatic carbocycles. The monoisotopic (exact) mass is 380 g/mol. The summed E-state index contributed by atoms with van der Waals surface area (Å²) in [7, 11) is 0. The van der Waals surface area contributed by atoms with Crippen molar-refractivity contribution in [1.29, 1.82) is 0 Å². The summed E-state index contributed by atoms with van der Waals surface area (Å²) in [6.07, 6.45) is 0. The largest absolute Gasteiger partial charge is 0.494 e.